The maximum absolute atomic E-state index is 6.00. The van der Waals surface area contributed by atoms with Gasteiger partial charge in [-0.2, -0.15) is 0 Å². The first-order chi connectivity index (χ1) is 9.66. The third kappa shape index (κ3) is 4.10. The molecule has 2 nitrogen and oxygen atoms in total. The Bertz CT molecular complexity index is 549. The van der Waals surface area contributed by atoms with Crippen molar-refractivity contribution in [3.63, 3.8) is 0 Å². The maximum Gasteiger partial charge on any atom is 0.124 e. The quantitative estimate of drug-likeness (QED) is 0.853. The first-order valence-corrected chi connectivity index (χ1v) is 7.15. The minimum Gasteiger partial charge on any atom is -0.489 e. The standard InChI is InChI=1S/C18H23NO/c1-14(2)19-12-16-9-6-7-11-18(16)20-13-17-10-5-4-8-15(17)3/h4-11,14,19H,12-13H2,1-3H3. The molecule has 0 amide bonds. The lowest BCUT2D eigenvalue weighted by Gasteiger charge is -2.14. The average Bonchev–Trinajstić information content (AvgIpc) is 2.45. The number of nitrogens with one attached hydrogen (secondary N) is 1. The summed E-state index contributed by atoms with van der Waals surface area (Å²) in [6, 6.07) is 17.0. The van der Waals surface area contributed by atoms with Gasteiger partial charge in [0, 0.05) is 18.2 Å². The van der Waals surface area contributed by atoms with Crippen LogP contribution in [0.25, 0.3) is 0 Å². The second kappa shape index (κ2) is 7.11. The van der Waals surface area contributed by atoms with E-state index in [0.29, 0.717) is 12.6 Å². The molecule has 0 fully saturated rings. The molecule has 2 heteroatoms. The molecule has 2 rings (SSSR count). The van der Waals surface area contributed by atoms with E-state index in [2.05, 4.69) is 62.5 Å². The van der Waals surface area contributed by atoms with Gasteiger partial charge in [-0.05, 0) is 24.1 Å². The first kappa shape index (κ1) is 14.6. The molecule has 2 aromatic rings. The fourth-order valence-electron chi connectivity index (χ4n) is 2.03. The van der Waals surface area contributed by atoms with E-state index in [0.717, 1.165) is 12.3 Å². The highest BCUT2D eigenvalue weighted by molar-refractivity contribution is 5.34. The van der Waals surface area contributed by atoms with Crippen molar-refractivity contribution in [1.82, 2.24) is 5.32 Å². The predicted octanol–water partition coefficient (Wildman–Crippen LogP) is 4.07. The molecule has 0 unspecified atom stereocenters. The van der Waals surface area contributed by atoms with Gasteiger partial charge in [-0.15, -0.1) is 0 Å². The van der Waals surface area contributed by atoms with Gasteiger partial charge >= 0.3 is 0 Å². The number of hydrogen-bond donors (Lipinski definition) is 1. The van der Waals surface area contributed by atoms with Gasteiger partial charge in [0.15, 0.2) is 0 Å². The third-order valence-electron chi connectivity index (χ3n) is 3.32. The lowest BCUT2D eigenvalue weighted by Crippen LogP contribution is -2.22. The van der Waals surface area contributed by atoms with Gasteiger partial charge in [-0.1, -0.05) is 56.3 Å². The summed E-state index contributed by atoms with van der Waals surface area (Å²) in [6.45, 7) is 7.87. The molecule has 0 saturated heterocycles. The van der Waals surface area contributed by atoms with E-state index in [1.165, 1.54) is 16.7 Å². The van der Waals surface area contributed by atoms with Crippen LogP contribution in [0.1, 0.15) is 30.5 Å². The summed E-state index contributed by atoms with van der Waals surface area (Å²) >= 11 is 0. The highest BCUT2D eigenvalue weighted by atomic mass is 16.5. The summed E-state index contributed by atoms with van der Waals surface area (Å²) in [5.41, 5.74) is 3.71. The van der Waals surface area contributed by atoms with Crippen molar-refractivity contribution in [1.29, 1.82) is 0 Å². The fourth-order valence-corrected chi connectivity index (χ4v) is 2.03. The second-order valence-corrected chi connectivity index (χ2v) is 5.36. The topological polar surface area (TPSA) is 21.3 Å². The Morgan fingerprint density at radius 1 is 0.950 bits per heavy atom. The first-order valence-electron chi connectivity index (χ1n) is 7.15. The van der Waals surface area contributed by atoms with Gasteiger partial charge < -0.3 is 10.1 Å². The predicted molar refractivity (Wildman–Crippen MR) is 83.9 cm³/mol. The number of para-hydroxylation sites is 1. The summed E-state index contributed by atoms with van der Waals surface area (Å²) in [6.07, 6.45) is 0. The molecule has 0 spiro atoms. The van der Waals surface area contributed by atoms with E-state index in [9.17, 15) is 0 Å². The lowest BCUT2D eigenvalue weighted by atomic mass is 10.1. The molecular weight excluding hydrogens is 246 g/mol. The van der Waals surface area contributed by atoms with Crippen molar-refractivity contribution in [3.8, 4) is 5.75 Å². The fraction of sp³-hybridized carbons (Fsp3) is 0.333. The molecule has 20 heavy (non-hydrogen) atoms. The van der Waals surface area contributed by atoms with Crippen LogP contribution in [0.15, 0.2) is 48.5 Å². The third-order valence-corrected chi connectivity index (χ3v) is 3.32. The second-order valence-electron chi connectivity index (χ2n) is 5.36. The zero-order chi connectivity index (χ0) is 14.4. The summed E-state index contributed by atoms with van der Waals surface area (Å²) in [5.74, 6) is 0.962. The number of rotatable bonds is 6. The van der Waals surface area contributed by atoms with E-state index in [-0.39, 0.29) is 0 Å². The van der Waals surface area contributed by atoms with Crippen LogP contribution in [0.5, 0.6) is 5.75 Å². The van der Waals surface area contributed by atoms with Crippen molar-refractivity contribution in [2.45, 2.75) is 40.0 Å². The van der Waals surface area contributed by atoms with Gasteiger partial charge in [-0.25, -0.2) is 0 Å². The van der Waals surface area contributed by atoms with Crippen LogP contribution in [0.4, 0.5) is 0 Å². The molecule has 0 radical (unpaired) electrons. The van der Waals surface area contributed by atoms with Crippen LogP contribution in [0.3, 0.4) is 0 Å². The van der Waals surface area contributed by atoms with Crippen LogP contribution < -0.4 is 10.1 Å². The summed E-state index contributed by atoms with van der Waals surface area (Å²) < 4.78 is 6.00. The van der Waals surface area contributed by atoms with Gasteiger partial charge in [-0.3, -0.25) is 0 Å². The Morgan fingerprint density at radius 3 is 2.30 bits per heavy atom. The molecule has 0 bridgehead atoms. The van der Waals surface area contributed by atoms with Crippen LogP contribution in [-0.4, -0.2) is 6.04 Å². The van der Waals surface area contributed by atoms with Crippen molar-refractivity contribution in [2.24, 2.45) is 0 Å². The van der Waals surface area contributed by atoms with E-state index in [1.807, 2.05) is 12.1 Å². The molecule has 0 aliphatic heterocycles. The Hall–Kier alpha value is -1.80. The monoisotopic (exact) mass is 269 g/mol. The number of ether oxygens (including phenoxy) is 1. The zero-order valence-corrected chi connectivity index (χ0v) is 12.5. The molecular formula is C18H23NO. The maximum atomic E-state index is 6.00. The molecule has 0 aromatic heterocycles. The van der Waals surface area contributed by atoms with Crippen LogP contribution >= 0.6 is 0 Å². The molecule has 0 saturated carbocycles. The molecule has 0 heterocycles. The molecule has 1 N–H and O–H groups in total. The van der Waals surface area contributed by atoms with Gasteiger partial charge in [0.2, 0.25) is 0 Å². The smallest absolute Gasteiger partial charge is 0.124 e. The Kier molecular flexibility index (Phi) is 5.19. The minimum absolute atomic E-state index is 0.472. The van der Waals surface area contributed by atoms with Crippen LogP contribution in [0, 0.1) is 6.92 Å². The van der Waals surface area contributed by atoms with E-state index >= 15 is 0 Å². The van der Waals surface area contributed by atoms with Crippen molar-refractivity contribution < 1.29 is 4.74 Å². The number of aryl methyl sites for hydroxylation is 1. The zero-order valence-electron chi connectivity index (χ0n) is 12.5. The van der Waals surface area contributed by atoms with Gasteiger partial charge in [0.05, 0.1) is 0 Å². The van der Waals surface area contributed by atoms with Gasteiger partial charge in [0.25, 0.3) is 0 Å². The molecule has 2 aromatic carbocycles. The van der Waals surface area contributed by atoms with E-state index in [1.54, 1.807) is 0 Å². The van der Waals surface area contributed by atoms with Gasteiger partial charge in [0.1, 0.15) is 12.4 Å². The molecule has 106 valence electrons. The molecule has 0 atom stereocenters. The normalized spacial score (nSPS) is 10.8. The Morgan fingerprint density at radius 2 is 1.60 bits per heavy atom. The van der Waals surface area contributed by atoms with Crippen LogP contribution in [-0.2, 0) is 13.2 Å². The SMILES string of the molecule is Cc1ccccc1COc1ccccc1CNC(C)C. The highest BCUT2D eigenvalue weighted by Crippen LogP contribution is 2.20. The average molecular weight is 269 g/mol. The largest absolute Gasteiger partial charge is 0.489 e. The summed E-state index contributed by atoms with van der Waals surface area (Å²) in [4.78, 5) is 0. The number of hydrogen-bond acceptors (Lipinski definition) is 2. The van der Waals surface area contributed by atoms with Crippen molar-refractivity contribution in [2.75, 3.05) is 0 Å². The lowest BCUT2D eigenvalue weighted by molar-refractivity contribution is 0.301. The minimum atomic E-state index is 0.472. The van der Waals surface area contributed by atoms with Crippen molar-refractivity contribution >= 4 is 0 Å². The number of benzene rings is 2. The molecule has 0 aliphatic carbocycles. The highest BCUT2D eigenvalue weighted by Gasteiger charge is 2.05. The Labute approximate surface area is 121 Å². The summed E-state index contributed by atoms with van der Waals surface area (Å²) in [5, 5.41) is 3.43. The summed E-state index contributed by atoms with van der Waals surface area (Å²) in [7, 11) is 0. The van der Waals surface area contributed by atoms with Crippen LogP contribution in [0.2, 0.25) is 0 Å². The van der Waals surface area contributed by atoms with Crippen molar-refractivity contribution in [3.05, 3.63) is 65.2 Å². The van der Waals surface area contributed by atoms with E-state index in [4.69, 9.17) is 4.74 Å². The van der Waals surface area contributed by atoms with E-state index < -0.39 is 0 Å². The molecule has 0 aliphatic rings. The Balaban J connectivity index is 2.04.